The molecule has 0 heterocycles. The molecule has 2 rings (SSSR count). The van der Waals surface area contributed by atoms with Gasteiger partial charge in [-0.05, 0) is 36.6 Å². The van der Waals surface area contributed by atoms with E-state index in [9.17, 15) is 9.59 Å². The van der Waals surface area contributed by atoms with E-state index in [0.717, 1.165) is 16.9 Å². The molecule has 2 amide bonds. The summed E-state index contributed by atoms with van der Waals surface area (Å²) in [6, 6.07) is 16.9. The van der Waals surface area contributed by atoms with E-state index < -0.39 is 11.8 Å². The summed E-state index contributed by atoms with van der Waals surface area (Å²) in [5.41, 5.74) is 2.02. The molecule has 0 unspecified atom stereocenters. The Bertz CT molecular complexity index is 669. The van der Waals surface area contributed by atoms with Gasteiger partial charge in [-0.25, -0.2) is 0 Å². The molecule has 0 aromatic heterocycles. The third-order valence-corrected chi connectivity index (χ3v) is 3.71. The molecule has 0 radical (unpaired) electrons. The highest BCUT2D eigenvalue weighted by molar-refractivity contribution is 6.35. The average molecular weight is 326 g/mol. The van der Waals surface area contributed by atoms with Crippen LogP contribution in [0.2, 0.25) is 0 Å². The first-order valence-corrected chi connectivity index (χ1v) is 7.86. The van der Waals surface area contributed by atoms with Gasteiger partial charge >= 0.3 is 11.8 Å². The normalized spacial score (nSPS) is 11.4. The summed E-state index contributed by atoms with van der Waals surface area (Å²) >= 11 is 0. The van der Waals surface area contributed by atoms with Crippen LogP contribution in [0.4, 0.5) is 0 Å². The molecule has 2 N–H and O–H groups in total. The SMILES string of the molecule is COc1ccc(CCNC(=O)C(=O)N[C@H](C)c2ccccc2)cc1. The second-order valence-electron chi connectivity index (χ2n) is 5.46. The molecule has 126 valence electrons. The minimum Gasteiger partial charge on any atom is -0.497 e. The van der Waals surface area contributed by atoms with Crippen LogP contribution in [0.3, 0.4) is 0 Å². The molecule has 0 aliphatic rings. The van der Waals surface area contributed by atoms with Crippen molar-refractivity contribution in [2.75, 3.05) is 13.7 Å². The van der Waals surface area contributed by atoms with Crippen molar-refractivity contribution < 1.29 is 14.3 Å². The summed E-state index contributed by atoms with van der Waals surface area (Å²) in [6.45, 7) is 2.25. The monoisotopic (exact) mass is 326 g/mol. The zero-order chi connectivity index (χ0) is 17.4. The minimum atomic E-state index is -0.624. The largest absolute Gasteiger partial charge is 0.497 e. The summed E-state index contributed by atoms with van der Waals surface area (Å²) in [4.78, 5) is 23.8. The first kappa shape index (κ1) is 17.5. The standard InChI is InChI=1S/C19H22N2O3/c1-14(16-6-4-3-5-7-16)21-19(23)18(22)20-13-12-15-8-10-17(24-2)11-9-15/h3-11,14H,12-13H2,1-2H3,(H,20,22)(H,21,23)/t14-/m1/s1. The van der Waals surface area contributed by atoms with Crippen molar-refractivity contribution in [3.8, 4) is 5.75 Å². The number of carbonyl (C=O) groups is 2. The van der Waals surface area contributed by atoms with E-state index in [0.29, 0.717) is 13.0 Å². The van der Waals surface area contributed by atoms with Crippen molar-refractivity contribution in [3.05, 3.63) is 65.7 Å². The molecule has 24 heavy (non-hydrogen) atoms. The Labute approximate surface area is 142 Å². The predicted molar refractivity (Wildman–Crippen MR) is 92.7 cm³/mol. The molecule has 2 aromatic carbocycles. The molecule has 0 saturated heterocycles. The van der Waals surface area contributed by atoms with Gasteiger partial charge in [0.1, 0.15) is 5.75 Å². The number of carbonyl (C=O) groups excluding carboxylic acids is 2. The summed E-state index contributed by atoms with van der Waals surface area (Å²) in [5, 5.41) is 5.33. The fourth-order valence-corrected chi connectivity index (χ4v) is 2.28. The van der Waals surface area contributed by atoms with Crippen LogP contribution in [0.15, 0.2) is 54.6 Å². The highest BCUT2D eigenvalue weighted by Gasteiger charge is 2.16. The van der Waals surface area contributed by atoms with E-state index in [4.69, 9.17) is 4.74 Å². The van der Waals surface area contributed by atoms with Crippen molar-refractivity contribution in [1.82, 2.24) is 10.6 Å². The van der Waals surface area contributed by atoms with Gasteiger partial charge in [0.25, 0.3) is 0 Å². The molecule has 2 aromatic rings. The maximum atomic E-state index is 11.9. The molecule has 0 aliphatic carbocycles. The van der Waals surface area contributed by atoms with Gasteiger partial charge in [-0.3, -0.25) is 9.59 Å². The van der Waals surface area contributed by atoms with Gasteiger partial charge in [0.2, 0.25) is 0 Å². The van der Waals surface area contributed by atoms with Gasteiger partial charge in [0, 0.05) is 6.54 Å². The lowest BCUT2D eigenvalue weighted by molar-refractivity contribution is -0.139. The van der Waals surface area contributed by atoms with E-state index in [1.54, 1.807) is 7.11 Å². The van der Waals surface area contributed by atoms with Crippen molar-refractivity contribution in [2.24, 2.45) is 0 Å². The number of hydrogen-bond acceptors (Lipinski definition) is 3. The summed E-state index contributed by atoms with van der Waals surface area (Å²) in [5.74, 6) is -0.454. The van der Waals surface area contributed by atoms with Crippen LogP contribution in [-0.2, 0) is 16.0 Å². The summed E-state index contributed by atoms with van der Waals surface area (Å²) in [7, 11) is 1.62. The van der Waals surface area contributed by atoms with Gasteiger partial charge in [-0.2, -0.15) is 0 Å². The third-order valence-electron chi connectivity index (χ3n) is 3.71. The number of methoxy groups -OCH3 is 1. The lowest BCUT2D eigenvalue weighted by Gasteiger charge is -2.14. The number of amides is 2. The highest BCUT2D eigenvalue weighted by atomic mass is 16.5. The highest BCUT2D eigenvalue weighted by Crippen LogP contribution is 2.12. The molecular weight excluding hydrogens is 304 g/mol. The molecule has 0 fully saturated rings. The van der Waals surface area contributed by atoms with E-state index >= 15 is 0 Å². The Morgan fingerprint density at radius 3 is 2.29 bits per heavy atom. The van der Waals surface area contributed by atoms with Crippen LogP contribution in [-0.4, -0.2) is 25.5 Å². The second kappa shape index (κ2) is 8.72. The number of rotatable bonds is 6. The lowest BCUT2D eigenvalue weighted by Crippen LogP contribution is -2.41. The van der Waals surface area contributed by atoms with Crippen LogP contribution < -0.4 is 15.4 Å². The topological polar surface area (TPSA) is 67.4 Å². The Morgan fingerprint density at radius 2 is 1.67 bits per heavy atom. The first-order valence-electron chi connectivity index (χ1n) is 7.86. The van der Waals surface area contributed by atoms with Crippen molar-refractivity contribution in [2.45, 2.75) is 19.4 Å². The van der Waals surface area contributed by atoms with E-state index in [2.05, 4.69) is 10.6 Å². The van der Waals surface area contributed by atoms with Gasteiger partial charge in [0.05, 0.1) is 13.2 Å². The van der Waals surface area contributed by atoms with Crippen LogP contribution in [0.5, 0.6) is 5.75 Å². The summed E-state index contributed by atoms with van der Waals surface area (Å²) < 4.78 is 5.09. The van der Waals surface area contributed by atoms with Gasteiger partial charge < -0.3 is 15.4 Å². The number of hydrogen-bond donors (Lipinski definition) is 2. The molecule has 5 nitrogen and oxygen atoms in total. The fourth-order valence-electron chi connectivity index (χ4n) is 2.28. The molecule has 0 bridgehead atoms. The van der Waals surface area contributed by atoms with E-state index in [-0.39, 0.29) is 6.04 Å². The number of nitrogens with one attached hydrogen (secondary N) is 2. The molecule has 0 aliphatic heterocycles. The minimum absolute atomic E-state index is 0.217. The zero-order valence-corrected chi connectivity index (χ0v) is 13.9. The van der Waals surface area contributed by atoms with Crippen LogP contribution in [0.1, 0.15) is 24.1 Å². The quantitative estimate of drug-likeness (QED) is 0.800. The Kier molecular flexibility index (Phi) is 6.37. The van der Waals surface area contributed by atoms with Crippen molar-refractivity contribution in [3.63, 3.8) is 0 Å². The average Bonchev–Trinajstić information content (AvgIpc) is 2.62. The van der Waals surface area contributed by atoms with Crippen molar-refractivity contribution in [1.29, 1.82) is 0 Å². The molecule has 1 atom stereocenters. The Balaban J connectivity index is 1.76. The van der Waals surface area contributed by atoms with Gasteiger partial charge in [0.15, 0.2) is 0 Å². The first-order chi connectivity index (χ1) is 11.6. The number of benzene rings is 2. The van der Waals surface area contributed by atoms with Crippen LogP contribution in [0, 0.1) is 0 Å². The van der Waals surface area contributed by atoms with E-state index in [1.807, 2.05) is 61.5 Å². The van der Waals surface area contributed by atoms with Gasteiger partial charge in [-0.15, -0.1) is 0 Å². The predicted octanol–water partition coefficient (Wildman–Crippen LogP) is 2.23. The maximum Gasteiger partial charge on any atom is 0.309 e. The fraction of sp³-hybridized carbons (Fsp3) is 0.263. The maximum absolute atomic E-state index is 11.9. The molecule has 0 saturated carbocycles. The Hall–Kier alpha value is -2.82. The van der Waals surface area contributed by atoms with Crippen LogP contribution >= 0.6 is 0 Å². The molecule has 0 spiro atoms. The number of ether oxygens (including phenoxy) is 1. The zero-order valence-electron chi connectivity index (χ0n) is 13.9. The van der Waals surface area contributed by atoms with Gasteiger partial charge in [-0.1, -0.05) is 42.5 Å². The van der Waals surface area contributed by atoms with Crippen LogP contribution in [0.25, 0.3) is 0 Å². The van der Waals surface area contributed by atoms with E-state index in [1.165, 1.54) is 0 Å². The summed E-state index contributed by atoms with van der Waals surface area (Å²) in [6.07, 6.45) is 0.650. The third kappa shape index (κ3) is 5.12. The molecular formula is C19H22N2O3. The Morgan fingerprint density at radius 1 is 1.00 bits per heavy atom. The smallest absolute Gasteiger partial charge is 0.309 e. The lowest BCUT2D eigenvalue weighted by atomic mass is 10.1. The molecule has 5 heteroatoms. The second-order valence-corrected chi connectivity index (χ2v) is 5.46. The van der Waals surface area contributed by atoms with Crippen molar-refractivity contribution >= 4 is 11.8 Å².